The molecule has 16 heavy (non-hydrogen) atoms. The van der Waals surface area contributed by atoms with Crippen LogP contribution in [0, 0.1) is 0 Å². The molecule has 2 saturated heterocycles. The molecule has 0 N–H and O–H groups in total. The van der Waals surface area contributed by atoms with Crippen molar-refractivity contribution in [3.05, 3.63) is 0 Å². The molecule has 0 aromatic carbocycles. The van der Waals surface area contributed by atoms with Crippen molar-refractivity contribution in [1.82, 2.24) is 9.80 Å². The topological polar surface area (TPSA) is 23.6 Å². The van der Waals surface area contributed by atoms with E-state index in [-0.39, 0.29) is 5.54 Å². The minimum atomic E-state index is -0.0704. The summed E-state index contributed by atoms with van der Waals surface area (Å²) in [6.07, 6.45) is 4.11. The van der Waals surface area contributed by atoms with Crippen LogP contribution in [0.2, 0.25) is 0 Å². The molecule has 0 bridgehead atoms. The van der Waals surface area contributed by atoms with Crippen LogP contribution in [0.1, 0.15) is 39.5 Å². The lowest BCUT2D eigenvalue weighted by molar-refractivity contribution is -0.127. The maximum Gasteiger partial charge on any atom is 0.154 e. The van der Waals surface area contributed by atoms with Crippen molar-refractivity contribution in [2.75, 3.05) is 32.7 Å². The summed E-state index contributed by atoms with van der Waals surface area (Å²) in [5.74, 6) is 0.505. The molecular weight excluding hydrogens is 200 g/mol. The smallest absolute Gasteiger partial charge is 0.154 e. The Balaban J connectivity index is 2.01. The summed E-state index contributed by atoms with van der Waals surface area (Å²) in [4.78, 5) is 17.0. The Morgan fingerprint density at radius 1 is 1.19 bits per heavy atom. The number of carbonyl (C=O) groups is 1. The van der Waals surface area contributed by atoms with E-state index in [1.807, 2.05) is 0 Å². The van der Waals surface area contributed by atoms with Gasteiger partial charge in [-0.15, -0.1) is 0 Å². The molecule has 2 fully saturated rings. The Labute approximate surface area is 98.8 Å². The van der Waals surface area contributed by atoms with Gasteiger partial charge in [-0.05, 0) is 32.4 Å². The standard InChI is InChI=1S/C13H24N2O/c1-3-8-14-10-6-13(7-11-14)12(16)5-9-15(13)4-2/h3-11H2,1-2H3. The SMILES string of the molecule is CCCN1CCC2(CC1)C(=O)CCN2CC. The van der Waals surface area contributed by atoms with E-state index in [4.69, 9.17) is 0 Å². The van der Waals surface area contributed by atoms with Crippen molar-refractivity contribution in [2.45, 2.75) is 45.1 Å². The Morgan fingerprint density at radius 2 is 1.88 bits per heavy atom. The molecule has 2 aliphatic heterocycles. The first kappa shape index (κ1) is 12.1. The van der Waals surface area contributed by atoms with E-state index in [2.05, 4.69) is 23.6 Å². The van der Waals surface area contributed by atoms with Crippen LogP contribution in [-0.2, 0) is 4.79 Å². The summed E-state index contributed by atoms with van der Waals surface area (Å²) in [6.45, 7) is 9.83. The summed E-state index contributed by atoms with van der Waals surface area (Å²) in [6, 6.07) is 0. The summed E-state index contributed by atoms with van der Waals surface area (Å²) >= 11 is 0. The number of likely N-dealkylation sites (tertiary alicyclic amines) is 2. The molecule has 1 spiro atoms. The number of likely N-dealkylation sites (N-methyl/N-ethyl adjacent to an activating group) is 1. The van der Waals surface area contributed by atoms with E-state index in [0.717, 1.165) is 45.4 Å². The molecule has 0 aromatic rings. The van der Waals surface area contributed by atoms with Gasteiger partial charge in [-0.3, -0.25) is 9.69 Å². The first-order valence-corrected chi connectivity index (χ1v) is 6.73. The third-order valence-corrected chi connectivity index (χ3v) is 4.34. The summed E-state index contributed by atoms with van der Waals surface area (Å²) in [5.41, 5.74) is -0.0704. The highest BCUT2D eigenvalue weighted by Crippen LogP contribution is 2.35. The molecule has 0 saturated carbocycles. The van der Waals surface area contributed by atoms with Gasteiger partial charge in [-0.25, -0.2) is 0 Å². The van der Waals surface area contributed by atoms with Gasteiger partial charge in [0.2, 0.25) is 0 Å². The van der Waals surface area contributed by atoms with Crippen molar-refractivity contribution in [2.24, 2.45) is 0 Å². The maximum atomic E-state index is 12.1. The highest BCUT2D eigenvalue weighted by Gasteiger charge is 2.48. The van der Waals surface area contributed by atoms with E-state index in [1.165, 1.54) is 13.0 Å². The molecule has 2 rings (SSSR count). The van der Waals surface area contributed by atoms with Gasteiger partial charge in [0.25, 0.3) is 0 Å². The summed E-state index contributed by atoms with van der Waals surface area (Å²) in [7, 11) is 0. The van der Waals surface area contributed by atoms with Crippen LogP contribution in [0.25, 0.3) is 0 Å². The minimum absolute atomic E-state index is 0.0704. The first-order valence-electron chi connectivity index (χ1n) is 6.73. The molecule has 2 heterocycles. The monoisotopic (exact) mass is 224 g/mol. The summed E-state index contributed by atoms with van der Waals surface area (Å²) < 4.78 is 0. The zero-order valence-electron chi connectivity index (χ0n) is 10.7. The Morgan fingerprint density at radius 3 is 2.44 bits per heavy atom. The van der Waals surface area contributed by atoms with Crippen LogP contribution in [0.5, 0.6) is 0 Å². The number of nitrogens with zero attached hydrogens (tertiary/aromatic N) is 2. The molecule has 2 aliphatic rings. The van der Waals surface area contributed by atoms with E-state index in [9.17, 15) is 4.79 Å². The second-order valence-electron chi connectivity index (χ2n) is 5.13. The van der Waals surface area contributed by atoms with Gasteiger partial charge in [-0.2, -0.15) is 0 Å². The van der Waals surface area contributed by atoms with Crippen LogP contribution < -0.4 is 0 Å². The second kappa shape index (κ2) is 4.84. The largest absolute Gasteiger partial charge is 0.303 e. The third kappa shape index (κ3) is 1.91. The van der Waals surface area contributed by atoms with Crippen LogP contribution in [0.4, 0.5) is 0 Å². The normalized spacial score (nSPS) is 26.8. The number of piperidine rings is 1. The van der Waals surface area contributed by atoms with Crippen molar-refractivity contribution in [3.63, 3.8) is 0 Å². The fourth-order valence-electron chi connectivity index (χ4n) is 3.38. The predicted molar refractivity (Wildman–Crippen MR) is 65.6 cm³/mol. The average Bonchev–Trinajstić information content (AvgIpc) is 2.60. The number of hydrogen-bond donors (Lipinski definition) is 0. The van der Waals surface area contributed by atoms with Crippen molar-refractivity contribution >= 4 is 5.78 Å². The van der Waals surface area contributed by atoms with E-state index < -0.39 is 0 Å². The molecule has 0 aromatic heterocycles. The lowest BCUT2D eigenvalue weighted by Crippen LogP contribution is -2.55. The van der Waals surface area contributed by atoms with Gasteiger partial charge in [0.1, 0.15) is 0 Å². The number of Topliss-reactive ketones (excluding diaryl/α,β-unsaturated/α-hetero) is 1. The Hall–Kier alpha value is -0.410. The second-order valence-corrected chi connectivity index (χ2v) is 5.13. The number of hydrogen-bond acceptors (Lipinski definition) is 3. The molecule has 0 atom stereocenters. The quantitative estimate of drug-likeness (QED) is 0.726. The van der Waals surface area contributed by atoms with Crippen LogP contribution in [0.15, 0.2) is 0 Å². The fraction of sp³-hybridized carbons (Fsp3) is 0.923. The minimum Gasteiger partial charge on any atom is -0.303 e. The highest BCUT2D eigenvalue weighted by molar-refractivity contribution is 5.90. The Bertz CT molecular complexity index is 257. The van der Waals surface area contributed by atoms with Crippen LogP contribution in [-0.4, -0.2) is 53.8 Å². The molecule has 0 radical (unpaired) electrons. The molecular formula is C13H24N2O. The van der Waals surface area contributed by atoms with Crippen molar-refractivity contribution in [3.8, 4) is 0 Å². The highest BCUT2D eigenvalue weighted by atomic mass is 16.1. The molecule has 0 unspecified atom stereocenters. The van der Waals surface area contributed by atoms with Gasteiger partial charge in [-0.1, -0.05) is 13.8 Å². The van der Waals surface area contributed by atoms with E-state index in [0.29, 0.717) is 5.78 Å². The first-order chi connectivity index (χ1) is 7.73. The zero-order chi connectivity index (χ0) is 11.6. The fourth-order valence-corrected chi connectivity index (χ4v) is 3.38. The molecule has 0 amide bonds. The van der Waals surface area contributed by atoms with E-state index in [1.54, 1.807) is 0 Å². The Kier molecular flexibility index (Phi) is 3.65. The third-order valence-electron chi connectivity index (χ3n) is 4.34. The van der Waals surface area contributed by atoms with Gasteiger partial charge in [0.15, 0.2) is 5.78 Å². The number of rotatable bonds is 3. The lowest BCUT2D eigenvalue weighted by Gasteiger charge is -2.43. The average molecular weight is 224 g/mol. The van der Waals surface area contributed by atoms with Crippen molar-refractivity contribution < 1.29 is 4.79 Å². The number of ketones is 1. The molecule has 92 valence electrons. The van der Waals surface area contributed by atoms with Crippen LogP contribution >= 0.6 is 0 Å². The zero-order valence-corrected chi connectivity index (χ0v) is 10.7. The molecule has 0 aliphatic carbocycles. The predicted octanol–water partition coefficient (Wildman–Crippen LogP) is 1.53. The maximum absolute atomic E-state index is 12.1. The molecule has 3 heteroatoms. The van der Waals surface area contributed by atoms with Gasteiger partial charge in [0, 0.05) is 26.1 Å². The van der Waals surface area contributed by atoms with Gasteiger partial charge < -0.3 is 4.90 Å². The van der Waals surface area contributed by atoms with Gasteiger partial charge >= 0.3 is 0 Å². The summed E-state index contributed by atoms with van der Waals surface area (Å²) in [5, 5.41) is 0. The molecule has 3 nitrogen and oxygen atoms in total. The van der Waals surface area contributed by atoms with E-state index >= 15 is 0 Å². The number of carbonyl (C=O) groups excluding carboxylic acids is 1. The van der Waals surface area contributed by atoms with Crippen LogP contribution in [0.3, 0.4) is 0 Å². The van der Waals surface area contributed by atoms with Gasteiger partial charge in [0.05, 0.1) is 5.54 Å². The van der Waals surface area contributed by atoms with Crippen molar-refractivity contribution in [1.29, 1.82) is 0 Å². The lowest BCUT2D eigenvalue weighted by atomic mass is 9.84.